The fraction of sp³-hybridized carbons (Fsp3) is 0.900. The molecule has 0 aromatic heterocycles. The zero-order chi connectivity index (χ0) is 9.78. The van der Waals surface area contributed by atoms with Gasteiger partial charge in [0.1, 0.15) is 0 Å². The van der Waals surface area contributed by atoms with Gasteiger partial charge in [-0.15, -0.1) is 0 Å². The second-order valence-electron chi connectivity index (χ2n) is 4.14. The minimum atomic E-state index is -0.238. The van der Waals surface area contributed by atoms with Gasteiger partial charge in [0, 0.05) is 12.3 Å². The van der Waals surface area contributed by atoms with Crippen molar-refractivity contribution >= 4 is 6.21 Å². The Kier molecular flexibility index (Phi) is 4.46. The maximum absolute atomic E-state index is 5.64. The molecule has 0 amide bonds. The number of ether oxygens (including phenoxy) is 1. The Labute approximate surface area is 76.0 Å². The first kappa shape index (κ1) is 11.6. The lowest BCUT2D eigenvalue weighted by Gasteiger charge is -2.23. The summed E-state index contributed by atoms with van der Waals surface area (Å²) in [6.07, 6.45) is 2.14. The first-order chi connectivity index (χ1) is 5.33. The Bertz CT molecular complexity index is 148. The van der Waals surface area contributed by atoms with Crippen molar-refractivity contribution in [1.82, 2.24) is 0 Å². The summed E-state index contributed by atoms with van der Waals surface area (Å²) >= 11 is 0. The lowest BCUT2D eigenvalue weighted by Crippen LogP contribution is -2.30. The second kappa shape index (κ2) is 4.61. The van der Waals surface area contributed by atoms with Crippen molar-refractivity contribution in [3.8, 4) is 0 Å². The predicted molar refractivity (Wildman–Crippen MR) is 53.9 cm³/mol. The lowest BCUT2D eigenvalue weighted by atomic mass is 10.1. The van der Waals surface area contributed by atoms with E-state index in [2.05, 4.69) is 18.8 Å². The highest BCUT2D eigenvalue weighted by molar-refractivity contribution is 5.67. The van der Waals surface area contributed by atoms with Crippen LogP contribution in [0.3, 0.4) is 0 Å². The van der Waals surface area contributed by atoms with Gasteiger partial charge in [-0.3, -0.25) is 4.99 Å². The third kappa shape index (κ3) is 6.35. The van der Waals surface area contributed by atoms with Gasteiger partial charge in [0.05, 0.1) is 11.7 Å². The first-order valence-electron chi connectivity index (χ1n) is 4.55. The van der Waals surface area contributed by atoms with Crippen molar-refractivity contribution in [2.45, 2.75) is 59.3 Å². The van der Waals surface area contributed by atoms with E-state index in [4.69, 9.17) is 4.74 Å². The van der Waals surface area contributed by atoms with Crippen LogP contribution in [0.2, 0.25) is 0 Å². The number of aliphatic imine (C=N–C) groups is 1. The first-order valence-corrected chi connectivity index (χ1v) is 4.55. The molecule has 2 heteroatoms. The SMILES string of the molecule is CC(C)N=CC(C)(C)OC(C)C. The van der Waals surface area contributed by atoms with Crippen LogP contribution in [0.25, 0.3) is 0 Å². The number of hydrogen-bond acceptors (Lipinski definition) is 2. The molecule has 0 saturated carbocycles. The minimum absolute atomic E-state index is 0.238. The highest BCUT2D eigenvalue weighted by Crippen LogP contribution is 2.09. The maximum Gasteiger partial charge on any atom is 0.0975 e. The van der Waals surface area contributed by atoms with Gasteiger partial charge in [-0.25, -0.2) is 0 Å². The van der Waals surface area contributed by atoms with E-state index < -0.39 is 0 Å². The lowest BCUT2D eigenvalue weighted by molar-refractivity contribution is -0.00627. The smallest absolute Gasteiger partial charge is 0.0975 e. The average Bonchev–Trinajstić information content (AvgIpc) is 1.81. The zero-order valence-electron chi connectivity index (χ0n) is 9.09. The molecule has 0 aliphatic carbocycles. The van der Waals surface area contributed by atoms with Crippen LogP contribution in [-0.4, -0.2) is 24.0 Å². The van der Waals surface area contributed by atoms with Crippen LogP contribution in [0.15, 0.2) is 4.99 Å². The summed E-state index contributed by atoms with van der Waals surface area (Å²) in [6, 6.07) is 0.347. The van der Waals surface area contributed by atoms with Crippen molar-refractivity contribution in [2.75, 3.05) is 0 Å². The molecule has 0 aliphatic rings. The van der Waals surface area contributed by atoms with Crippen molar-refractivity contribution in [2.24, 2.45) is 4.99 Å². The normalized spacial score (nSPS) is 13.7. The molecular weight excluding hydrogens is 150 g/mol. The third-order valence-corrected chi connectivity index (χ3v) is 1.22. The van der Waals surface area contributed by atoms with Crippen molar-refractivity contribution in [3.63, 3.8) is 0 Å². The molecule has 0 spiro atoms. The zero-order valence-corrected chi connectivity index (χ0v) is 9.09. The molecule has 12 heavy (non-hydrogen) atoms. The van der Waals surface area contributed by atoms with E-state index in [9.17, 15) is 0 Å². The molecule has 0 aromatic rings. The molecule has 0 aromatic carbocycles. The Hall–Kier alpha value is -0.370. The molecular formula is C10H21NO. The predicted octanol–water partition coefficient (Wildman–Crippen LogP) is 2.67. The summed E-state index contributed by atoms with van der Waals surface area (Å²) in [5, 5.41) is 0. The van der Waals surface area contributed by atoms with Crippen LogP contribution in [-0.2, 0) is 4.74 Å². The minimum Gasteiger partial charge on any atom is -0.367 e. The van der Waals surface area contributed by atoms with Gasteiger partial charge >= 0.3 is 0 Å². The summed E-state index contributed by atoms with van der Waals surface area (Å²) in [7, 11) is 0. The summed E-state index contributed by atoms with van der Waals surface area (Å²) in [6.45, 7) is 12.2. The summed E-state index contributed by atoms with van der Waals surface area (Å²) < 4.78 is 5.64. The molecule has 0 N–H and O–H groups in total. The molecule has 0 bridgehead atoms. The number of hydrogen-bond donors (Lipinski definition) is 0. The quantitative estimate of drug-likeness (QED) is 0.596. The highest BCUT2D eigenvalue weighted by Gasteiger charge is 2.16. The monoisotopic (exact) mass is 171 g/mol. The molecule has 2 nitrogen and oxygen atoms in total. The summed E-state index contributed by atoms with van der Waals surface area (Å²) in [5.74, 6) is 0. The fourth-order valence-corrected chi connectivity index (χ4v) is 0.966. The summed E-state index contributed by atoms with van der Waals surface area (Å²) in [4.78, 5) is 4.30. The Balaban J connectivity index is 4.03. The van der Waals surface area contributed by atoms with E-state index in [-0.39, 0.29) is 11.7 Å². The third-order valence-electron chi connectivity index (χ3n) is 1.22. The molecule has 0 aliphatic heterocycles. The molecule has 0 atom stereocenters. The van der Waals surface area contributed by atoms with Gasteiger partial charge in [-0.2, -0.15) is 0 Å². The van der Waals surface area contributed by atoms with Crippen molar-refractivity contribution in [1.29, 1.82) is 0 Å². The molecule has 0 saturated heterocycles. The van der Waals surface area contributed by atoms with Gasteiger partial charge in [0.15, 0.2) is 0 Å². The van der Waals surface area contributed by atoms with Crippen LogP contribution in [0.4, 0.5) is 0 Å². The Morgan fingerprint density at radius 2 is 1.67 bits per heavy atom. The van der Waals surface area contributed by atoms with E-state index in [0.717, 1.165) is 0 Å². The van der Waals surface area contributed by atoms with Gasteiger partial charge in [0.2, 0.25) is 0 Å². The molecule has 72 valence electrons. The van der Waals surface area contributed by atoms with Crippen LogP contribution in [0.1, 0.15) is 41.5 Å². The number of nitrogens with zero attached hydrogens (tertiary/aromatic N) is 1. The van der Waals surface area contributed by atoms with E-state index in [1.54, 1.807) is 0 Å². The van der Waals surface area contributed by atoms with Crippen LogP contribution < -0.4 is 0 Å². The van der Waals surface area contributed by atoms with E-state index >= 15 is 0 Å². The van der Waals surface area contributed by atoms with Gasteiger partial charge in [-0.1, -0.05) is 0 Å². The van der Waals surface area contributed by atoms with Crippen LogP contribution >= 0.6 is 0 Å². The Morgan fingerprint density at radius 3 is 2.00 bits per heavy atom. The maximum atomic E-state index is 5.64. The molecule has 0 unspecified atom stereocenters. The molecule has 0 rings (SSSR count). The Morgan fingerprint density at radius 1 is 1.17 bits per heavy atom. The standard InChI is InChI=1S/C10H21NO/c1-8(2)11-7-10(5,6)12-9(3)4/h7-9H,1-6H3. The van der Waals surface area contributed by atoms with Gasteiger partial charge in [0.25, 0.3) is 0 Å². The molecule has 0 heterocycles. The highest BCUT2D eigenvalue weighted by atomic mass is 16.5. The van der Waals surface area contributed by atoms with Crippen LogP contribution in [0, 0.1) is 0 Å². The van der Waals surface area contributed by atoms with Gasteiger partial charge < -0.3 is 4.74 Å². The van der Waals surface area contributed by atoms with E-state index in [1.165, 1.54) is 0 Å². The van der Waals surface area contributed by atoms with E-state index in [1.807, 2.05) is 33.9 Å². The summed E-state index contributed by atoms with van der Waals surface area (Å²) in [5.41, 5.74) is -0.238. The average molecular weight is 171 g/mol. The fourth-order valence-electron chi connectivity index (χ4n) is 0.966. The van der Waals surface area contributed by atoms with Crippen molar-refractivity contribution in [3.05, 3.63) is 0 Å². The second-order valence-corrected chi connectivity index (χ2v) is 4.14. The molecule has 0 fully saturated rings. The molecule has 0 radical (unpaired) electrons. The number of rotatable bonds is 4. The van der Waals surface area contributed by atoms with Gasteiger partial charge in [-0.05, 0) is 41.5 Å². The largest absolute Gasteiger partial charge is 0.367 e. The topological polar surface area (TPSA) is 21.6 Å². The van der Waals surface area contributed by atoms with Crippen LogP contribution in [0.5, 0.6) is 0 Å². The van der Waals surface area contributed by atoms with E-state index in [0.29, 0.717) is 6.04 Å². The van der Waals surface area contributed by atoms with Crippen molar-refractivity contribution < 1.29 is 4.74 Å².